The van der Waals surface area contributed by atoms with E-state index < -0.39 is 0 Å². The summed E-state index contributed by atoms with van der Waals surface area (Å²) in [5.41, 5.74) is 1.12. The van der Waals surface area contributed by atoms with Gasteiger partial charge in [0.05, 0.1) is 19.3 Å². The predicted molar refractivity (Wildman–Crippen MR) is 113 cm³/mol. The maximum absolute atomic E-state index is 5.90. The lowest BCUT2D eigenvalue weighted by Gasteiger charge is -2.34. The van der Waals surface area contributed by atoms with Gasteiger partial charge in [0.2, 0.25) is 0 Å². The van der Waals surface area contributed by atoms with Gasteiger partial charge in [-0.1, -0.05) is 13.8 Å². The number of hydrogen-bond donors (Lipinski definition) is 1. The second-order valence-corrected chi connectivity index (χ2v) is 6.11. The molecule has 1 aliphatic heterocycles. The van der Waals surface area contributed by atoms with Crippen LogP contribution in [0.4, 0.5) is 0 Å². The highest BCUT2D eigenvalue weighted by molar-refractivity contribution is 14.0. The molecule has 1 saturated heterocycles. The highest BCUT2D eigenvalue weighted by atomic mass is 127. The predicted octanol–water partition coefficient (Wildman–Crippen LogP) is 1.72. The number of aryl methyl sites for hydroxylation is 1. The summed E-state index contributed by atoms with van der Waals surface area (Å²) < 4.78 is 7.72. The van der Waals surface area contributed by atoms with Crippen LogP contribution in [0.25, 0.3) is 0 Å². The molecule has 1 N–H and O–H groups in total. The number of ether oxygens (including phenoxy) is 1. The minimum Gasteiger partial charge on any atom is -0.370 e. The van der Waals surface area contributed by atoms with E-state index in [0.717, 1.165) is 57.2 Å². The van der Waals surface area contributed by atoms with Gasteiger partial charge in [-0.3, -0.25) is 9.67 Å². The Morgan fingerprint density at radius 2 is 2.20 bits per heavy atom. The molecule has 0 spiro atoms. The molecule has 7 nitrogen and oxygen atoms in total. The Hall–Kier alpha value is -0.870. The first kappa shape index (κ1) is 22.2. The summed E-state index contributed by atoms with van der Waals surface area (Å²) in [4.78, 5) is 9.16. The monoisotopic (exact) mass is 464 g/mol. The van der Waals surface area contributed by atoms with Crippen molar-refractivity contribution in [1.82, 2.24) is 24.9 Å². The normalized spacial score (nSPS) is 18.4. The van der Waals surface area contributed by atoms with Crippen LogP contribution in [0.5, 0.6) is 0 Å². The summed E-state index contributed by atoms with van der Waals surface area (Å²) in [6, 6.07) is 0. The first-order valence-electron chi connectivity index (χ1n) is 8.96. The molecule has 2 heterocycles. The Bertz CT molecular complexity index is 517. The molecule has 2 rings (SSSR count). The molecule has 0 aliphatic carbocycles. The highest BCUT2D eigenvalue weighted by Crippen LogP contribution is 2.21. The van der Waals surface area contributed by atoms with Crippen LogP contribution in [0.15, 0.2) is 17.4 Å². The Balaban J connectivity index is 0.00000312. The number of halogens is 1. The van der Waals surface area contributed by atoms with Gasteiger partial charge in [0.1, 0.15) is 6.10 Å². The number of hydrogen-bond acceptors (Lipinski definition) is 4. The Labute approximate surface area is 168 Å². The fourth-order valence-electron chi connectivity index (χ4n) is 3.02. The average molecular weight is 464 g/mol. The van der Waals surface area contributed by atoms with Crippen molar-refractivity contribution < 1.29 is 4.74 Å². The molecule has 1 atom stereocenters. The molecular formula is C17H33IN6O. The number of rotatable bonds is 7. The standard InChI is InChI=1S/C17H32N6O.HI/c1-5-22(6-2)9-7-8-19-17(18-3)23-10-11-24-16(14-23)15-12-20-21(4)13-15;/h12-13,16H,5-11,14H2,1-4H3,(H,18,19);1H. The van der Waals surface area contributed by atoms with E-state index in [1.807, 2.05) is 31.2 Å². The maximum atomic E-state index is 5.90. The quantitative estimate of drug-likeness (QED) is 0.288. The zero-order valence-electron chi connectivity index (χ0n) is 15.9. The molecule has 1 aromatic heterocycles. The number of morpholine rings is 1. The van der Waals surface area contributed by atoms with Crippen molar-refractivity contribution in [3.05, 3.63) is 18.0 Å². The lowest BCUT2D eigenvalue weighted by atomic mass is 10.1. The third-order valence-electron chi connectivity index (χ3n) is 4.50. The van der Waals surface area contributed by atoms with Crippen LogP contribution in [0.2, 0.25) is 0 Å². The summed E-state index contributed by atoms with van der Waals surface area (Å²) >= 11 is 0. The van der Waals surface area contributed by atoms with E-state index in [0.29, 0.717) is 6.61 Å². The smallest absolute Gasteiger partial charge is 0.193 e. The van der Waals surface area contributed by atoms with Gasteiger partial charge < -0.3 is 19.9 Å². The van der Waals surface area contributed by atoms with Crippen molar-refractivity contribution in [3.8, 4) is 0 Å². The first-order chi connectivity index (χ1) is 11.7. The number of nitrogens with one attached hydrogen (secondary N) is 1. The van der Waals surface area contributed by atoms with Gasteiger partial charge in [-0.2, -0.15) is 5.10 Å². The molecule has 1 unspecified atom stereocenters. The van der Waals surface area contributed by atoms with E-state index in [1.165, 1.54) is 0 Å². The third kappa shape index (κ3) is 6.74. The summed E-state index contributed by atoms with van der Waals surface area (Å²) in [7, 11) is 3.78. The molecule has 1 aromatic rings. The molecule has 0 bridgehead atoms. The molecule has 0 aromatic carbocycles. The SMILES string of the molecule is CCN(CC)CCCNC(=NC)N1CCOC(c2cnn(C)c2)C1.I. The van der Waals surface area contributed by atoms with Crippen molar-refractivity contribution in [1.29, 1.82) is 0 Å². The molecule has 0 saturated carbocycles. The van der Waals surface area contributed by atoms with Crippen LogP contribution in [-0.2, 0) is 11.8 Å². The van der Waals surface area contributed by atoms with Crippen molar-refractivity contribution in [2.24, 2.45) is 12.0 Å². The van der Waals surface area contributed by atoms with Gasteiger partial charge in [0, 0.05) is 38.9 Å². The average Bonchev–Trinajstić information content (AvgIpc) is 3.05. The van der Waals surface area contributed by atoms with Crippen LogP contribution < -0.4 is 5.32 Å². The molecule has 1 aliphatic rings. The molecule has 144 valence electrons. The number of nitrogens with zero attached hydrogens (tertiary/aromatic N) is 5. The summed E-state index contributed by atoms with van der Waals surface area (Å²) in [5, 5.41) is 7.74. The lowest BCUT2D eigenvalue weighted by Crippen LogP contribution is -2.48. The minimum atomic E-state index is 0. The Morgan fingerprint density at radius 3 is 2.80 bits per heavy atom. The van der Waals surface area contributed by atoms with Crippen LogP contribution in [0.1, 0.15) is 31.9 Å². The molecule has 0 radical (unpaired) electrons. The topological polar surface area (TPSA) is 57.9 Å². The fourth-order valence-corrected chi connectivity index (χ4v) is 3.02. The van der Waals surface area contributed by atoms with E-state index in [9.17, 15) is 0 Å². The van der Waals surface area contributed by atoms with Crippen LogP contribution in [0, 0.1) is 0 Å². The molecule has 8 heteroatoms. The first-order valence-corrected chi connectivity index (χ1v) is 8.96. The van der Waals surface area contributed by atoms with Gasteiger partial charge in [0.15, 0.2) is 5.96 Å². The van der Waals surface area contributed by atoms with E-state index in [-0.39, 0.29) is 30.1 Å². The highest BCUT2D eigenvalue weighted by Gasteiger charge is 2.24. The Kier molecular flexibility index (Phi) is 10.4. The molecule has 1 fully saturated rings. The van der Waals surface area contributed by atoms with Crippen molar-refractivity contribution >= 4 is 29.9 Å². The van der Waals surface area contributed by atoms with E-state index in [2.05, 4.69) is 39.1 Å². The minimum absolute atomic E-state index is 0. The van der Waals surface area contributed by atoms with Crippen LogP contribution >= 0.6 is 24.0 Å². The van der Waals surface area contributed by atoms with Gasteiger partial charge >= 0.3 is 0 Å². The third-order valence-corrected chi connectivity index (χ3v) is 4.50. The van der Waals surface area contributed by atoms with Crippen molar-refractivity contribution in [3.63, 3.8) is 0 Å². The Morgan fingerprint density at radius 1 is 1.44 bits per heavy atom. The van der Waals surface area contributed by atoms with Gasteiger partial charge in [-0.05, 0) is 26.1 Å². The molecule has 0 amide bonds. The van der Waals surface area contributed by atoms with Gasteiger partial charge in [-0.15, -0.1) is 24.0 Å². The molecular weight excluding hydrogens is 431 g/mol. The lowest BCUT2D eigenvalue weighted by molar-refractivity contribution is -0.00802. The summed E-state index contributed by atoms with van der Waals surface area (Å²) in [6.07, 6.45) is 5.08. The van der Waals surface area contributed by atoms with Crippen molar-refractivity contribution in [2.45, 2.75) is 26.4 Å². The zero-order chi connectivity index (χ0) is 17.4. The number of guanidine groups is 1. The summed E-state index contributed by atoms with van der Waals surface area (Å²) in [6.45, 7) is 11.1. The number of aliphatic imine (C=N–C) groups is 1. The van der Waals surface area contributed by atoms with E-state index >= 15 is 0 Å². The summed E-state index contributed by atoms with van der Waals surface area (Å²) in [5.74, 6) is 0.965. The molecule has 25 heavy (non-hydrogen) atoms. The second-order valence-electron chi connectivity index (χ2n) is 6.11. The largest absolute Gasteiger partial charge is 0.370 e. The second kappa shape index (κ2) is 11.7. The van der Waals surface area contributed by atoms with Gasteiger partial charge in [-0.25, -0.2) is 0 Å². The van der Waals surface area contributed by atoms with E-state index in [1.54, 1.807) is 0 Å². The van der Waals surface area contributed by atoms with Crippen LogP contribution in [0.3, 0.4) is 0 Å². The van der Waals surface area contributed by atoms with E-state index in [4.69, 9.17) is 4.74 Å². The maximum Gasteiger partial charge on any atom is 0.193 e. The van der Waals surface area contributed by atoms with Crippen LogP contribution in [-0.4, -0.2) is 78.5 Å². The number of aromatic nitrogens is 2. The zero-order valence-corrected chi connectivity index (χ0v) is 18.3. The van der Waals surface area contributed by atoms with Crippen molar-refractivity contribution in [2.75, 3.05) is 52.9 Å². The van der Waals surface area contributed by atoms with Gasteiger partial charge in [0.25, 0.3) is 0 Å². The fraction of sp³-hybridized carbons (Fsp3) is 0.765.